The number of nitrogens with one attached hydrogen (secondary N) is 7. The smallest absolute Gasteiger partial charge is 0.246 e. The van der Waals surface area contributed by atoms with Gasteiger partial charge in [-0.05, 0) is 48.9 Å². The molecule has 1 radical (unpaired) electrons. The normalized spacial score (nSPS) is 21.7. The van der Waals surface area contributed by atoms with Crippen LogP contribution >= 0.6 is 21.6 Å². The van der Waals surface area contributed by atoms with Gasteiger partial charge in [-0.2, -0.15) is 6.42 Å². The van der Waals surface area contributed by atoms with Gasteiger partial charge in [-0.1, -0.05) is 67.8 Å². The molecule has 8 atom stereocenters. The van der Waals surface area contributed by atoms with Crippen LogP contribution in [0.1, 0.15) is 71.8 Å². The van der Waals surface area contributed by atoms with E-state index < -0.39 is 146 Å². The number of benzene rings is 1. The van der Waals surface area contributed by atoms with Gasteiger partial charge in [0, 0.05) is 62.1 Å². The van der Waals surface area contributed by atoms with Crippen LogP contribution in [-0.4, -0.2) is 148 Å². The van der Waals surface area contributed by atoms with Crippen molar-refractivity contribution in [1.29, 1.82) is 0 Å². The van der Waals surface area contributed by atoms with Crippen molar-refractivity contribution in [3.63, 3.8) is 0 Å². The number of primary amides is 3. The Morgan fingerprint density at radius 1 is 0.800 bits per heavy atom. The van der Waals surface area contributed by atoms with Crippen molar-refractivity contribution in [2.45, 2.75) is 115 Å². The minimum atomic E-state index is -1.77. The van der Waals surface area contributed by atoms with Gasteiger partial charge in [0.05, 0.1) is 25.6 Å². The van der Waals surface area contributed by atoms with Gasteiger partial charge >= 0.3 is 0 Å². The predicted molar refractivity (Wildman–Crippen MR) is 256 cm³/mol. The zero-order chi connectivity index (χ0) is 52.0. The number of amides is 11. The summed E-state index contributed by atoms with van der Waals surface area (Å²) >= 11 is 0. The number of phenols is 1. The summed E-state index contributed by atoms with van der Waals surface area (Å²) in [6, 6.07) is -4.09. The van der Waals surface area contributed by atoms with Gasteiger partial charge in [-0.15, -0.1) is 0 Å². The number of carbonyl (C=O) groups is 11. The standard InChI is InChI=1S/C43H67N12O12S2.Ho/c1-6-14-55(19-35(60)49-28(15-22(3)4)38(62)48-18-34(47)59)43(67)31-21-69-68-20-26(44)37(61)51-29(16-24-8-10-25(56)11-9-24)41(65)54-36(23(5)7-2)42(66)50-27(12-13-32(45)57)39(63)52-30(17-33(46)58)40(64)53-31;/h8-11,22-23,26-31,36,56H,1,6-7,12-21,44H2,2-5H3,(H2,45,57)(H2,46,58)(H2,47,59)(H,48,62)(H,49,60)(H,50,66)(H,51,61)(H,52,63)(H,53,64)(H,54,65);/q-1;/t23-,26-,27-,28-,29-,30-,31-,36-;/m0./s1. The molecule has 24 nitrogen and oxygen atoms in total. The fourth-order valence-electron chi connectivity index (χ4n) is 6.66. The third-order valence-electron chi connectivity index (χ3n) is 10.5. The van der Waals surface area contributed by atoms with Crippen molar-refractivity contribution in [1.82, 2.24) is 42.1 Å². The van der Waals surface area contributed by atoms with E-state index >= 15 is 0 Å². The summed E-state index contributed by atoms with van der Waals surface area (Å²) in [5.41, 5.74) is 22.9. The largest absolute Gasteiger partial charge is 0.508 e. The molecule has 16 N–H and O–H groups in total. The number of aromatic hydroxyl groups is 1. The van der Waals surface area contributed by atoms with Gasteiger partial charge in [0.25, 0.3) is 0 Å². The minimum absolute atomic E-state index is 0. The molecule has 0 aliphatic carbocycles. The van der Waals surface area contributed by atoms with Crippen LogP contribution in [0, 0.1) is 56.5 Å². The summed E-state index contributed by atoms with van der Waals surface area (Å²) in [4.78, 5) is 147. The van der Waals surface area contributed by atoms with Crippen molar-refractivity contribution in [2.75, 3.05) is 31.1 Å². The fraction of sp³-hybridized carbons (Fsp3) is 0.581. The predicted octanol–water partition coefficient (Wildman–Crippen LogP) is -3.55. The molecule has 1 aromatic carbocycles. The number of rotatable bonds is 20. The second-order valence-corrected chi connectivity index (χ2v) is 19.4. The van der Waals surface area contributed by atoms with Gasteiger partial charge in [-0.25, -0.2) is 0 Å². The molecule has 395 valence electrons. The Bertz CT molecular complexity index is 2000. The van der Waals surface area contributed by atoms with Crippen molar-refractivity contribution in [2.24, 2.45) is 34.8 Å². The SMILES string of the molecule is [CH2-]CCN(CC(=O)N[C@@H](CC(C)C)C(=O)NCC(N)=O)C(=O)[C@@H]1CSSC[C@H](N)C(=O)N[C@@H](Cc2ccc(O)cc2)C(=O)N[C@@H]([C@@H](C)CC)C(=O)N[C@@H](CCC(N)=O)C(=O)N[C@@H](CC(N)=O)C(=O)N1.[Ho]. The van der Waals surface area contributed by atoms with Crippen LogP contribution in [0.3, 0.4) is 0 Å². The zero-order valence-electron chi connectivity index (χ0n) is 39.5. The number of nitrogens with two attached hydrogens (primary N) is 4. The molecule has 1 aromatic rings. The van der Waals surface area contributed by atoms with Crippen molar-refractivity contribution in [3.8, 4) is 5.75 Å². The van der Waals surface area contributed by atoms with E-state index in [0.29, 0.717) is 12.0 Å². The number of phenolic OH excluding ortho intramolecular Hbond substituents is 1. The number of hydrogen-bond donors (Lipinski definition) is 12. The maximum atomic E-state index is 14.4. The molecule has 0 aromatic heterocycles. The quantitative estimate of drug-likeness (QED) is 0.0342. The van der Waals surface area contributed by atoms with Crippen LogP contribution in [-0.2, 0) is 59.2 Å². The molecule has 2 rings (SSSR count). The Labute approximate surface area is 444 Å². The van der Waals surface area contributed by atoms with E-state index in [1.54, 1.807) is 27.7 Å². The van der Waals surface area contributed by atoms with Crippen LogP contribution in [0.4, 0.5) is 0 Å². The maximum absolute atomic E-state index is 14.4. The summed E-state index contributed by atoms with van der Waals surface area (Å²) in [6.07, 6.45) is -1.22. The molecule has 70 heavy (non-hydrogen) atoms. The van der Waals surface area contributed by atoms with Crippen LogP contribution in [0.15, 0.2) is 24.3 Å². The molecule has 1 fully saturated rings. The Kier molecular flexibility index (Phi) is 29.0. The van der Waals surface area contributed by atoms with Crippen molar-refractivity contribution < 1.29 is 95.6 Å². The molecule has 0 bridgehead atoms. The van der Waals surface area contributed by atoms with E-state index in [1.807, 2.05) is 0 Å². The first kappa shape index (κ1) is 63.1. The molecular formula is C43H67HoN12O12S2-. The Morgan fingerprint density at radius 3 is 1.96 bits per heavy atom. The van der Waals surface area contributed by atoms with Gasteiger partial charge < -0.3 is 77.1 Å². The van der Waals surface area contributed by atoms with Crippen molar-refractivity contribution >= 4 is 86.6 Å². The van der Waals surface area contributed by atoms with Crippen molar-refractivity contribution in [3.05, 3.63) is 36.8 Å². The molecule has 11 amide bonds. The molecule has 0 unspecified atom stereocenters. The van der Waals surface area contributed by atoms with Crippen LogP contribution in [0.2, 0.25) is 0 Å². The molecule has 0 saturated carbocycles. The second kappa shape index (κ2) is 32.2. The molecule has 1 heterocycles. The molecule has 0 spiro atoms. The molecule has 1 aliphatic rings. The van der Waals surface area contributed by atoms with E-state index in [2.05, 4.69) is 44.1 Å². The Hall–Kier alpha value is -4.89. The number of hydrogen-bond acceptors (Lipinski definition) is 15. The third kappa shape index (κ3) is 22.9. The molecule has 27 heteroatoms. The number of nitrogens with zero attached hydrogens (tertiary/aromatic N) is 1. The maximum Gasteiger partial charge on any atom is 0.246 e. The molecule has 1 aliphatic heterocycles. The zero-order valence-corrected chi connectivity index (χ0v) is 43.1. The minimum Gasteiger partial charge on any atom is -0.508 e. The van der Waals surface area contributed by atoms with E-state index in [0.717, 1.165) is 26.5 Å². The summed E-state index contributed by atoms with van der Waals surface area (Å²) in [5.74, 6) is -10.8. The van der Waals surface area contributed by atoms with Crippen LogP contribution in [0.25, 0.3) is 0 Å². The Morgan fingerprint density at radius 2 is 1.39 bits per heavy atom. The van der Waals surface area contributed by atoms with E-state index in [-0.39, 0.29) is 86.7 Å². The second-order valence-electron chi connectivity index (χ2n) is 16.9. The van der Waals surface area contributed by atoms with Gasteiger partial charge in [-0.3, -0.25) is 52.7 Å². The van der Waals surface area contributed by atoms with Crippen LogP contribution < -0.4 is 60.2 Å². The van der Waals surface area contributed by atoms with Crippen LogP contribution in [0.5, 0.6) is 5.75 Å². The van der Waals surface area contributed by atoms with E-state index in [9.17, 15) is 57.8 Å². The van der Waals surface area contributed by atoms with Gasteiger partial charge in [0.1, 0.15) is 42.0 Å². The monoisotopic (exact) mass is 1170 g/mol. The topological polar surface area (TPSA) is 400 Å². The first-order chi connectivity index (χ1) is 32.4. The first-order valence-electron chi connectivity index (χ1n) is 22.3. The number of carbonyl (C=O) groups excluding carboxylic acids is 11. The summed E-state index contributed by atoms with van der Waals surface area (Å²) in [5, 5.41) is 27.5. The fourth-order valence-corrected chi connectivity index (χ4v) is 8.94. The summed E-state index contributed by atoms with van der Waals surface area (Å²) < 4.78 is 0. The Balaban J connectivity index is 0.0000245. The molecular weight excluding hydrogens is 1110 g/mol. The molecule has 1 saturated heterocycles. The third-order valence-corrected chi connectivity index (χ3v) is 13.0. The first-order valence-corrected chi connectivity index (χ1v) is 24.7. The van der Waals surface area contributed by atoms with E-state index in [1.165, 1.54) is 24.3 Å². The van der Waals surface area contributed by atoms with Gasteiger partial charge in [0.15, 0.2) is 0 Å². The summed E-state index contributed by atoms with van der Waals surface area (Å²) in [7, 11) is 1.99. The summed E-state index contributed by atoms with van der Waals surface area (Å²) in [6.45, 7) is 9.49. The average molecular weight is 1170 g/mol. The average Bonchev–Trinajstić information content (AvgIpc) is 3.27. The van der Waals surface area contributed by atoms with E-state index in [4.69, 9.17) is 22.9 Å². The van der Waals surface area contributed by atoms with Gasteiger partial charge in [0.2, 0.25) is 65.0 Å².